The first-order valence-corrected chi connectivity index (χ1v) is 5.93. The number of methoxy groups -OCH3 is 2. The van der Waals surface area contributed by atoms with E-state index in [2.05, 4.69) is 10.5 Å². The van der Waals surface area contributed by atoms with Gasteiger partial charge >= 0.3 is 6.03 Å². The number of ether oxygens (including phenoxy) is 2. The summed E-state index contributed by atoms with van der Waals surface area (Å²) in [5.74, 6) is 1.33. The second-order valence-corrected chi connectivity index (χ2v) is 3.85. The van der Waals surface area contributed by atoms with Crippen molar-refractivity contribution in [2.45, 2.75) is 19.3 Å². The smallest absolute Gasteiger partial charge is 0.332 e. The van der Waals surface area contributed by atoms with Crippen molar-refractivity contribution in [2.75, 3.05) is 14.2 Å². The summed E-state index contributed by atoms with van der Waals surface area (Å²) in [4.78, 5) is 10.6. The molecule has 0 saturated carbocycles. The second kappa shape index (κ2) is 7.25. The molecule has 6 heteroatoms. The molecule has 6 nitrogen and oxygen atoms in total. The van der Waals surface area contributed by atoms with E-state index >= 15 is 0 Å². The Morgan fingerprint density at radius 2 is 2.21 bits per heavy atom. The Balaban J connectivity index is 3.04. The first-order chi connectivity index (χ1) is 9.13. The lowest BCUT2D eigenvalue weighted by Gasteiger charge is -2.16. The molecule has 0 aliphatic heterocycles. The molecule has 0 aliphatic carbocycles. The standard InChI is InChI=1S/C13H19N3O3/c1-4-9(8-15-16-13(14)17)10-6-5-7-11(18-2)12(10)19-3/h5-9H,4H2,1-3H3,(H3,14,16,17). The van der Waals surface area contributed by atoms with E-state index in [1.807, 2.05) is 25.1 Å². The quantitative estimate of drug-likeness (QED) is 0.608. The number of carbonyl (C=O) groups excluding carboxylic acids is 1. The SMILES string of the molecule is CCC(C=NNC(N)=O)c1cccc(OC)c1OC. The van der Waals surface area contributed by atoms with Gasteiger partial charge in [-0.1, -0.05) is 19.1 Å². The minimum Gasteiger partial charge on any atom is -0.493 e. The Labute approximate surface area is 112 Å². The average Bonchev–Trinajstić information content (AvgIpc) is 2.42. The third kappa shape index (κ3) is 3.87. The number of hydrogen-bond donors (Lipinski definition) is 2. The Morgan fingerprint density at radius 3 is 2.74 bits per heavy atom. The van der Waals surface area contributed by atoms with Gasteiger partial charge in [0.15, 0.2) is 11.5 Å². The van der Waals surface area contributed by atoms with Crippen LogP contribution in [-0.2, 0) is 0 Å². The zero-order valence-electron chi connectivity index (χ0n) is 11.3. The van der Waals surface area contributed by atoms with E-state index in [1.54, 1.807) is 20.4 Å². The third-order valence-electron chi connectivity index (χ3n) is 2.70. The number of benzene rings is 1. The van der Waals surface area contributed by atoms with Crippen LogP contribution in [0.3, 0.4) is 0 Å². The van der Waals surface area contributed by atoms with Gasteiger partial charge in [-0.05, 0) is 12.5 Å². The van der Waals surface area contributed by atoms with Crippen LogP contribution in [0.4, 0.5) is 4.79 Å². The minimum atomic E-state index is -0.691. The van der Waals surface area contributed by atoms with Gasteiger partial charge in [-0.15, -0.1) is 0 Å². The van der Waals surface area contributed by atoms with Crippen molar-refractivity contribution in [2.24, 2.45) is 10.8 Å². The first-order valence-electron chi connectivity index (χ1n) is 5.93. The Hall–Kier alpha value is -2.24. The highest BCUT2D eigenvalue weighted by atomic mass is 16.5. The van der Waals surface area contributed by atoms with Crippen LogP contribution < -0.4 is 20.6 Å². The zero-order valence-corrected chi connectivity index (χ0v) is 11.3. The fourth-order valence-electron chi connectivity index (χ4n) is 1.80. The van der Waals surface area contributed by atoms with Crippen LogP contribution in [0.5, 0.6) is 11.5 Å². The predicted molar refractivity (Wildman–Crippen MR) is 73.8 cm³/mol. The normalized spacial score (nSPS) is 12.2. The van der Waals surface area contributed by atoms with Crippen molar-refractivity contribution in [1.29, 1.82) is 0 Å². The van der Waals surface area contributed by atoms with Crippen molar-refractivity contribution >= 4 is 12.2 Å². The number of nitrogens with two attached hydrogens (primary N) is 1. The van der Waals surface area contributed by atoms with E-state index < -0.39 is 6.03 Å². The van der Waals surface area contributed by atoms with Crippen LogP contribution in [0.15, 0.2) is 23.3 Å². The molecule has 1 aromatic carbocycles. The van der Waals surface area contributed by atoms with Gasteiger partial charge in [0.2, 0.25) is 0 Å². The summed E-state index contributed by atoms with van der Waals surface area (Å²) in [7, 11) is 3.18. The van der Waals surface area contributed by atoms with Gasteiger partial charge in [0, 0.05) is 17.7 Å². The molecular weight excluding hydrogens is 246 g/mol. The molecule has 1 atom stereocenters. The molecule has 2 amide bonds. The van der Waals surface area contributed by atoms with Crippen molar-refractivity contribution < 1.29 is 14.3 Å². The number of para-hydroxylation sites is 1. The summed E-state index contributed by atoms with van der Waals surface area (Å²) in [5.41, 5.74) is 8.08. The molecule has 1 unspecified atom stereocenters. The molecular formula is C13H19N3O3. The molecule has 0 saturated heterocycles. The van der Waals surface area contributed by atoms with E-state index in [1.165, 1.54) is 0 Å². The summed E-state index contributed by atoms with van der Waals surface area (Å²) in [6, 6.07) is 4.96. The molecule has 0 heterocycles. The van der Waals surface area contributed by atoms with Crippen LogP contribution in [0.25, 0.3) is 0 Å². The van der Waals surface area contributed by atoms with Crippen LogP contribution in [0, 0.1) is 0 Å². The number of urea groups is 1. The molecule has 0 fully saturated rings. The number of hydrogen-bond acceptors (Lipinski definition) is 4. The largest absolute Gasteiger partial charge is 0.493 e. The molecule has 104 valence electrons. The maximum atomic E-state index is 10.6. The molecule has 0 aromatic heterocycles. The Kier molecular flexibility index (Phi) is 5.66. The molecule has 0 bridgehead atoms. The predicted octanol–water partition coefficient (Wildman–Crippen LogP) is 1.85. The van der Waals surface area contributed by atoms with Gasteiger partial charge in [-0.3, -0.25) is 0 Å². The van der Waals surface area contributed by atoms with Crippen molar-refractivity contribution in [3.05, 3.63) is 23.8 Å². The van der Waals surface area contributed by atoms with Gasteiger partial charge in [0.05, 0.1) is 14.2 Å². The van der Waals surface area contributed by atoms with Crippen LogP contribution >= 0.6 is 0 Å². The highest BCUT2D eigenvalue weighted by Gasteiger charge is 2.16. The van der Waals surface area contributed by atoms with Gasteiger partial charge in [0.1, 0.15) is 0 Å². The second-order valence-electron chi connectivity index (χ2n) is 3.85. The summed E-state index contributed by atoms with van der Waals surface area (Å²) in [6.45, 7) is 2.01. The first kappa shape index (κ1) is 14.8. The monoisotopic (exact) mass is 265 g/mol. The average molecular weight is 265 g/mol. The molecule has 19 heavy (non-hydrogen) atoms. The number of primary amides is 1. The third-order valence-corrected chi connectivity index (χ3v) is 2.70. The highest BCUT2D eigenvalue weighted by Crippen LogP contribution is 2.35. The maximum Gasteiger partial charge on any atom is 0.332 e. The van der Waals surface area contributed by atoms with Gasteiger partial charge in [-0.25, -0.2) is 10.2 Å². The van der Waals surface area contributed by atoms with E-state index in [9.17, 15) is 4.79 Å². The fraction of sp³-hybridized carbons (Fsp3) is 0.385. The highest BCUT2D eigenvalue weighted by molar-refractivity contribution is 5.75. The van der Waals surface area contributed by atoms with Crippen molar-refractivity contribution in [3.63, 3.8) is 0 Å². The van der Waals surface area contributed by atoms with E-state index in [4.69, 9.17) is 15.2 Å². The molecule has 1 aromatic rings. The number of nitrogens with zero attached hydrogens (tertiary/aromatic N) is 1. The number of hydrazone groups is 1. The summed E-state index contributed by atoms with van der Waals surface area (Å²) in [5, 5.41) is 3.80. The summed E-state index contributed by atoms with van der Waals surface area (Å²) < 4.78 is 10.6. The lowest BCUT2D eigenvalue weighted by molar-refractivity contribution is 0.249. The van der Waals surface area contributed by atoms with E-state index in [0.29, 0.717) is 11.5 Å². The van der Waals surface area contributed by atoms with E-state index in [-0.39, 0.29) is 5.92 Å². The molecule has 3 N–H and O–H groups in total. The lowest BCUT2D eigenvalue weighted by Crippen LogP contribution is -2.24. The zero-order chi connectivity index (χ0) is 14.3. The van der Waals surface area contributed by atoms with Gasteiger partial charge < -0.3 is 15.2 Å². The lowest BCUT2D eigenvalue weighted by atomic mass is 9.96. The Bertz CT molecular complexity index is 460. The summed E-state index contributed by atoms with van der Waals surface area (Å²) >= 11 is 0. The number of nitrogens with one attached hydrogen (secondary N) is 1. The molecule has 0 spiro atoms. The van der Waals surface area contributed by atoms with Crippen molar-refractivity contribution in [3.8, 4) is 11.5 Å². The minimum absolute atomic E-state index is 0.00287. The fourth-order valence-corrected chi connectivity index (χ4v) is 1.80. The van der Waals surface area contributed by atoms with Gasteiger partial charge in [0.25, 0.3) is 0 Å². The summed E-state index contributed by atoms with van der Waals surface area (Å²) in [6.07, 6.45) is 2.43. The van der Waals surface area contributed by atoms with Crippen LogP contribution in [0.2, 0.25) is 0 Å². The van der Waals surface area contributed by atoms with Gasteiger partial charge in [-0.2, -0.15) is 5.10 Å². The van der Waals surface area contributed by atoms with Crippen LogP contribution in [0.1, 0.15) is 24.8 Å². The Morgan fingerprint density at radius 1 is 1.47 bits per heavy atom. The van der Waals surface area contributed by atoms with E-state index in [0.717, 1.165) is 12.0 Å². The van der Waals surface area contributed by atoms with Crippen molar-refractivity contribution in [1.82, 2.24) is 5.43 Å². The number of amides is 2. The number of carbonyl (C=O) groups is 1. The molecule has 1 rings (SSSR count). The van der Waals surface area contributed by atoms with Crippen LogP contribution in [-0.4, -0.2) is 26.5 Å². The topological polar surface area (TPSA) is 85.9 Å². The maximum absolute atomic E-state index is 10.6. The molecule has 0 radical (unpaired) electrons. The number of rotatable bonds is 6. The molecule has 0 aliphatic rings.